The minimum Gasteiger partial charge on any atom is -0.448 e. The van der Waals surface area contributed by atoms with Crippen LogP contribution in [0.25, 0.3) is 22.1 Å². The Hall–Kier alpha value is -2.51. The van der Waals surface area contributed by atoms with Gasteiger partial charge < -0.3 is 10.2 Å². The largest absolute Gasteiger partial charge is 0.448 e. The van der Waals surface area contributed by atoms with Crippen molar-refractivity contribution in [2.45, 2.75) is 33.4 Å². The fourth-order valence-corrected chi connectivity index (χ4v) is 4.01. The molecule has 0 saturated heterocycles. The number of benzene rings is 1. The van der Waals surface area contributed by atoms with E-state index in [1.54, 1.807) is 15.9 Å². The van der Waals surface area contributed by atoms with Gasteiger partial charge in [-0.25, -0.2) is 9.37 Å². The van der Waals surface area contributed by atoms with Crippen molar-refractivity contribution < 1.29 is 8.81 Å². The van der Waals surface area contributed by atoms with E-state index in [0.717, 1.165) is 10.4 Å². The van der Waals surface area contributed by atoms with Crippen molar-refractivity contribution in [2.75, 3.05) is 0 Å². The summed E-state index contributed by atoms with van der Waals surface area (Å²) in [5, 5.41) is 2.52. The number of hydrogen-bond donors (Lipinski definition) is 1. The van der Waals surface area contributed by atoms with Crippen molar-refractivity contribution in [1.29, 1.82) is 0 Å². The molecule has 1 atom stereocenters. The lowest BCUT2D eigenvalue weighted by atomic mass is 10.0. The summed E-state index contributed by atoms with van der Waals surface area (Å²) in [6, 6.07) is 5.77. The summed E-state index contributed by atoms with van der Waals surface area (Å²) in [6.07, 6.45) is 0. The van der Waals surface area contributed by atoms with Gasteiger partial charge in [-0.05, 0) is 48.1 Å². The highest BCUT2D eigenvalue weighted by molar-refractivity contribution is 7.10. The maximum absolute atomic E-state index is 13.7. The molecule has 1 aromatic carbocycles. The number of fused-ring (bicyclic) bond motifs is 3. The molecule has 5 nitrogen and oxygen atoms in total. The highest BCUT2D eigenvalue weighted by atomic mass is 32.1. The number of rotatable bonds is 4. The predicted molar refractivity (Wildman–Crippen MR) is 106 cm³/mol. The third-order valence-corrected chi connectivity index (χ3v) is 5.72. The lowest BCUT2D eigenvalue weighted by Gasteiger charge is -2.19. The molecule has 0 spiro atoms. The number of furan rings is 1. The second-order valence-corrected chi connectivity index (χ2v) is 8.14. The van der Waals surface area contributed by atoms with E-state index in [4.69, 9.17) is 10.2 Å². The van der Waals surface area contributed by atoms with Crippen LogP contribution in [0.3, 0.4) is 0 Å². The topological polar surface area (TPSA) is 74.1 Å². The summed E-state index contributed by atoms with van der Waals surface area (Å²) in [6.45, 7) is 6.35. The van der Waals surface area contributed by atoms with Gasteiger partial charge in [0, 0.05) is 10.3 Å². The molecule has 7 heteroatoms. The Morgan fingerprint density at radius 3 is 2.78 bits per heavy atom. The highest BCUT2D eigenvalue weighted by Gasteiger charge is 2.23. The monoisotopic (exact) mass is 385 g/mol. The molecule has 0 radical (unpaired) electrons. The fourth-order valence-electron chi connectivity index (χ4n) is 3.15. The Kier molecular flexibility index (Phi) is 4.36. The van der Waals surface area contributed by atoms with Crippen molar-refractivity contribution in [2.24, 2.45) is 11.7 Å². The van der Waals surface area contributed by atoms with Crippen LogP contribution in [0, 0.1) is 18.7 Å². The van der Waals surface area contributed by atoms with Gasteiger partial charge in [0.1, 0.15) is 22.7 Å². The zero-order chi connectivity index (χ0) is 19.3. The third kappa shape index (κ3) is 3.07. The van der Waals surface area contributed by atoms with Gasteiger partial charge in [0.25, 0.3) is 5.56 Å². The average Bonchev–Trinajstić information content (AvgIpc) is 3.20. The first-order chi connectivity index (χ1) is 12.8. The van der Waals surface area contributed by atoms with Crippen molar-refractivity contribution in [1.82, 2.24) is 9.55 Å². The molecule has 4 rings (SSSR count). The van der Waals surface area contributed by atoms with Gasteiger partial charge in [0.05, 0.1) is 12.6 Å². The summed E-state index contributed by atoms with van der Waals surface area (Å²) in [5.74, 6) is 0.168. The van der Waals surface area contributed by atoms with Crippen molar-refractivity contribution in [3.63, 3.8) is 0 Å². The molecule has 0 aliphatic heterocycles. The number of hydrogen-bond acceptors (Lipinski definition) is 5. The lowest BCUT2D eigenvalue weighted by Crippen LogP contribution is -2.31. The fraction of sp³-hybridized carbons (Fsp3) is 0.300. The second kappa shape index (κ2) is 6.58. The number of thiophene rings is 1. The molecule has 3 heterocycles. The quantitative estimate of drug-likeness (QED) is 0.567. The molecule has 4 aromatic rings. The number of aromatic nitrogens is 2. The third-order valence-electron chi connectivity index (χ3n) is 4.68. The molecular formula is C20H20FN3O2S. The van der Waals surface area contributed by atoms with E-state index in [1.165, 1.54) is 18.2 Å². The molecule has 0 aliphatic carbocycles. The van der Waals surface area contributed by atoms with Gasteiger partial charge in [0.2, 0.25) is 5.58 Å². The molecule has 0 fully saturated rings. The smallest absolute Gasteiger partial charge is 0.297 e. The molecule has 2 N–H and O–H groups in total. The number of nitrogens with zero attached hydrogens (tertiary/aromatic N) is 2. The van der Waals surface area contributed by atoms with Crippen LogP contribution in [-0.2, 0) is 6.54 Å². The zero-order valence-corrected chi connectivity index (χ0v) is 16.1. The van der Waals surface area contributed by atoms with Gasteiger partial charge >= 0.3 is 0 Å². The molecule has 3 aromatic heterocycles. The van der Waals surface area contributed by atoms with E-state index in [9.17, 15) is 9.18 Å². The number of aryl methyl sites for hydroxylation is 1. The summed E-state index contributed by atoms with van der Waals surface area (Å²) in [4.78, 5) is 18.9. The van der Waals surface area contributed by atoms with Crippen LogP contribution >= 0.6 is 11.3 Å². The Labute approximate surface area is 159 Å². The molecule has 27 heavy (non-hydrogen) atoms. The summed E-state index contributed by atoms with van der Waals surface area (Å²) in [7, 11) is 0. The first-order valence-electron chi connectivity index (χ1n) is 8.77. The summed E-state index contributed by atoms with van der Waals surface area (Å²) >= 11 is 1.59. The Morgan fingerprint density at radius 2 is 2.11 bits per heavy atom. The Morgan fingerprint density at radius 1 is 1.33 bits per heavy atom. The van der Waals surface area contributed by atoms with Gasteiger partial charge in [-0.3, -0.25) is 9.36 Å². The van der Waals surface area contributed by atoms with E-state index < -0.39 is 11.9 Å². The van der Waals surface area contributed by atoms with Crippen LogP contribution in [0.15, 0.2) is 38.9 Å². The number of halogens is 1. The molecule has 0 amide bonds. The van der Waals surface area contributed by atoms with Crippen LogP contribution in [0.1, 0.15) is 36.2 Å². The number of nitrogens with two attached hydrogens (primary N) is 1. The molecule has 0 bridgehead atoms. The first-order valence-corrected chi connectivity index (χ1v) is 9.65. The standard InChI is InChI=1S/C20H20FN3O2S/c1-10(2)16(22)19-23-17-14-7-12(21)4-5-15(14)26-18(17)20(25)24(19)8-13-6-11(3)9-27-13/h4-7,9-10,16H,8,22H2,1-3H3. The van der Waals surface area contributed by atoms with E-state index in [2.05, 4.69) is 4.98 Å². The predicted octanol–water partition coefficient (Wildman–Crippen LogP) is 4.36. The van der Waals surface area contributed by atoms with E-state index in [0.29, 0.717) is 28.9 Å². The van der Waals surface area contributed by atoms with Crippen LogP contribution in [-0.4, -0.2) is 9.55 Å². The van der Waals surface area contributed by atoms with E-state index >= 15 is 0 Å². The molecular weight excluding hydrogens is 365 g/mol. The van der Waals surface area contributed by atoms with Gasteiger partial charge in [-0.15, -0.1) is 11.3 Å². The molecule has 0 saturated carbocycles. The molecule has 1 unspecified atom stereocenters. The summed E-state index contributed by atoms with van der Waals surface area (Å²) in [5.41, 5.74) is 8.15. The van der Waals surface area contributed by atoms with Crippen molar-refractivity contribution >= 4 is 33.4 Å². The SMILES string of the molecule is Cc1csc(Cn2c(C(N)C(C)C)nc3c(oc4ccc(F)cc43)c2=O)c1. The van der Waals surface area contributed by atoms with Crippen molar-refractivity contribution in [3.05, 3.63) is 62.1 Å². The van der Waals surface area contributed by atoms with Gasteiger partial charge in [0.15, 0.2) is 0 Å². The van der Waals surface area contributed by atoms with Gasteiger partial charge in [-0.1, -0.05) is 13.8 Å². The van der Waals surface area contributed by atoms with Crippen LogP contribution in [0.4, 0.5) is 4.39 Å². The Balaban J connectivity index is 2.01. The highest BCUT2D eigenvalue weighted by Crippen LogP contribution is 2.28. The maximum Gasteiger partial charge on any atom is 0.297 e. The first kappa shape index (κ1) is 17.9. The Bertz CT molecular complexity index is 1210. The van der Waals surface area contributed by atoms with E-state index in [1.807, 2.05) is 32.2 Å². The van der Waals surface area contributed by atoms with Crippen LogP contribution in [0.2, 0.25) is 0 Å². The van der Waals surface area contributed by atoms with Crippen molar-refractivity contribution in [3.8, 4) is 0 Å². The van der Waals surface area contributed by atoms with Gasteiger partial charge in [-0.2, -0.15) is 0 Å². The minimum atomic E-state index is -0.429. The minimum absolute atomic E-state index is 0.0839. The maximum atomic E-state index is 13.7. The molecule has 0 aliphatic rings. The van der Waals surface area contributed by atoms with E-state index in [-0.39, 0.29) is 17.1 Å². The lowest BCUT2D eigenvalue weighted by molar-refractivity contribution is 0.462. The van der Waals surface area contributed by atoms with Crippen LogP contribution in [0.5, 0.6) is 0 Å². The van der Waals surface area contributed by atoms with Crippen LogP contribution < -0.4 is 11.3 Å². The average molecular weight is 385 g/mol. The summed E-state index contributed by atoms with van der Waals surface area (Å²) < 4.78 is 21.0. The second-order valence-electron chi connectivity index (χ2n) is 7.14. The normalized spacial score (nSPS) is 13.1. The molecule has 140 valence electrons. The zero-order valence-electron chi connectivity index (χ0n) is 15.3.